The Balaban J connectivity index is 1.60. The van der Waals surface area contributed by atoms with E-state index >= 15 is 0 Å². The first-order valence-electron chi connectivity index (χ1n) is 10.3. The predicted octanol–water partition coefficient (Wildman–Crippen LogP) is 5.09. The average molecular weight is 390 g/mol. The first kappa shape index (κ1) is 18.2. The van der Waals surface area contributed by atoms with Crippen molar-refractivity contribution in [3.8, 4) is 11.8 Å². The van der Waals surface area contributed by atoms with Crippen molar-refractivity contribution in [2.45, 2.75) is 18.8 Å². The van der Waals surface area contributed by atoms with E-state index in [4.69, 9.17) is 5.10 Å². The summed E-state index contributed by atoms with van der Waals surface area (Å²) in [6.45, 7) is 0.899. The predicted molar refractivity (Wildman–Crippen MR) is 119 cm³/mol. The van der Waals surface area contributed by atoms with Gasteiger partial charge in [0.2, 0.25) is 0 Å². The fourth-order valence-electron chi connectivity index (χ4n) is 4.33. The van der Waals surface area contributed by atoms with Crippen LogP contribution in [0.3, 0.4) is 0 Å². The third-order valence-electron chi connectivity index (χ3n) is 5.79. The van der Waals surface area contributed by atoms with Crippen molar-refractivity contribution < 1.29 is 0 Å². The Bertz CT molecular complexity index is 1160. The van der Waals surface area contributed by atoms with Crippen molar-refractivity contribution in [1.82, 2.24) is 9.78 Å². The molecule has 4 nitrogen and oxygen atoms in total. The second kappa shape index (κ2) is 7.88. The molecule has 4 aromatic rings. The summed E-state index contributed by atoms with van der Waals surface area (Å²) in [5, 5.41) is 18.1. The van der Waals surface area contributed by atoms with Crippen molar-refractivity contribution >= 4 is 5.82 Å². The molecule has 146 valence electrons. The van der Waals surface area contributed by atoms with E-state index in [0.717, 1.165) is 36.6 Å². The number of fused-ring (bicyclic) bond motifs is 1. The van der Waals surface area contributed by atoms with E-state index in [1.165, 1.54) is 16.7 Å². The van der Waals surface area contributed by atoms with Gasteiger partial charge in [0, 0.05) is 24.4 Å². The Morgan fingerprint density at radius 3 is 2.20 bits per heavy atom. The lowest BCUT2D eigenvalue weighted by molar-refractivity contribution is 0.744. The molecule has 1 aromatic heterocycles. The molecule has 0 bridgehead atoms. The van der Waals surface area contributed by atoms with E-state index in [1.807, 2.05) is 28.9 Å². The smallest absolute Gasteiger partial charge is 0.133 e. The fourth-order valence-corrected chi connectivity index (χ4v) is 4.33. The molecule has 0 aliphatic carbocycles. The van der Waals surface area contributed by atoms with E-state index < -0.39 is 0 Å². The number of hydrogen-bond acceptors (Lipinski definition) is 3. The number of para-hydroxylation sites is 1. The van der Waals surface area contributed by atoms with E-state index in [1.54, 1.807) is 0 Å². The zero-order valence-electron chi connectivity index (χ0n) is 16.6. The van der Waals surface area contributed by atoms with Gasteiger partial charge in [0.15, 0.2) is 0 Å². The van der Waals surface area contributed by atoms with Crippen LogP contribution >= 0.6 is 0 Å². The van der Waals surface area contributed by atoms with Gasteiger partial charge in [0.05, 0.1) is 16.9 Å². The lowest BCUT2D eigenvalue weighted by atomic mass is 9.86. The Morgan fingerprint density at radius 1 is 0.900 bits per heavy atom. The van der Waals surface area contributed by atoms with Crippen LogP contribution in [0.4, 0.5) is 5.82 Å². The molecular formula is C26H22N4. The Hall–Kier alpha value is -3.84. The lowest BCUT2D eigenvalue weighted by Crippen LogP contribution is -2.09. The minimum Gasteiger partial charge on any atom is -0.369 e. The van der Waals surface area contributed by atoms with Crippen LogP contribution in [0.2, 0.25) is 0 Å². The molecule has 5 rings (SSSR count). The second-order valence-corrected chi connectivity index (χ2v) is 7.57. The van der Waals surface area contributed by atoms with E-state index in [9.17, 15) is 5.26 Å². The number of nitriles is 1. The number of benzene rings is 3. The zero-order valence-corrected chi connectivity index (χ0v) is 16.6. The average Bonchev–Trinajstić information content (AvgIpc) is 3.42. The van der Waals surface area contributed by atoms with Crippen molar-refractivity contribution in [1.29, 1.82) is 5.26 Å². The molecule has 1 aliphatic rings. The van der Waals surface area contributed by atoms with Gasteiger partial charge < -0.3 is 5.32 Å². The molecule has 0 saturated carbocycles. The van der Waals surface area contributed by atoms with Crippen LogP contribution < -0.4 is 5.32 Å². The number of hydrogen-bond donors (Lipinski definition) is 1. The molecule has 0 amide bonds. The summed E-state index contributed by atoms with van der Waals surface area (Å²) in [6.07, 6.45) is 1.77. The molecular weight excluding hydrogens is 368 g/mol. The van der Waals surface area contributed by atoms with Gasteiger partial charge in [0.25, 0.3) is 0 Å². The van der Waals surface area contributed by atoms with Gasteiger partial charge in [-0.25, -0.2) is 4.68 Å². The van der Waals surface area contributed by atoms with Crippen LogP contribution in [0, 0.1) is 11.3 Å². The summed E-state index contributed by atoms with van der Waals surface area (Å²) in [5.41, 5.74) is 6.39. The summed E-state index contributed by atoms with van der Waals surface area (Å²) in [7, 11) is 0. The molecule has 0 spiro atoms. The van der Waals surface area contributed by atoms with Gasteiger partial charge in [-0.05, 0) is 29.7 Å². The topological polar surface area (TPSA) is 53.6 Å². The van der Waals surface area contributed by atoms with Crippen molar-refractivity contribution in [2.24, 2.45) is 0 Å². The van der Waals surface area contributed by atoms with Crippen LogP contribution in [-0.4, -0.2) is 16.3 Å². The fraction of sp³-hybridized carbons (Fsp3) is 0.154. The molecule has 1 aliphatic heterocycles. The largest absolute Gasteiger partial charge is 0.369 e. The minimum atomic E-state index is 0.228. The standard InChI is InChI=1S/C26H22N4/c27-18-21-13-7-8-14-25(21)30-26-22(15-16-28-26)24(29-30)17-23(19-9-3-1-4-10-19)20-11-5-2-6-12-20/h1-14,23,28H,15-17H2. The molecule has 0 atom stereocenters. The molecule has 0 fully saturated rings. The lowest BCUT2D eigenvalue weighted by Gasteiger charge is -2.17. The number of aromatic nitrogens is 2. The molecule has 1 N–H and O–H groups in total. The maximum Gasteiger partial charge on any atom is 0.133 e. The van der Waals surface area contributed by atoms with Crippen LogP contribution in [0.5, 0.6) is 0 Å². The second-order valence-electron chi connectivity index (χ2n) is 7.57. The molecule has 4 heteroatoms. The highest BCUT2D eigenvalue weighted by Gasteiger charge is 2.26. The van der Waals surface area contributed by atoms with Gasteiger partial charge >= 0.3 is 0 Å². The molecule has 30 heavy (non-hydrogen) atoms. The highest BCUT2D eigenvalue weighted by molar-refractivity contribution is 5.60. The molecule has 0 saturated heterocycles. The maximum atomic E-state index is 9.57. The summed E-state index contributed by atoms with van der Waals surface area (Å²) >= 11 is 0. The molecule has 0 radical (unpaired) electrons. The van der Waals surface area contributed by atoms with Crippen molar-refractivity contribution in [2.75, 3.05) is 11.9 Å². The van der Waals surface area contributed by atoms with Crippen LogP contribution in [0.1, 0.15) is 33.9 Å². The number of nitrogens with zero attached hydrogens (tertiary/aromatic N) is 3. The van der Waals surface area contributed by atoms with Gasteiger partial charge in [0.1, 0.15) is 11.9 Å². The first-order valence-corrected chi connectivity index (χ1v) is 10.3. The monoisotopic (exact) mass is 390 g/mol. The van der Waals surface area contributed by atoms with Gasteiger partial charge in [-0.1, -0.05) is 72.8 Å². The van der Waals surface area contributed by atoms with Crippen LogP contribution in [0.25, 0.3) is 5.69 Å². The minimum absolute atomic E-state index is 0.228. The molecule has 2 heterocycles. The summed E-state index contributed by atoms with van der Waals surface area (Å²) in [5.74, 6) is 1.25. The highest BCUT2D eigenvalue weighted by atomic mass is 15.3. The van der Waals surface area contributed by atoms with Crippen molar-refractivity contribution in [3.05, 3.63) is 113 Å². The van der Waals surface area contributed by atoms with Crippen LogP contribution in [0.15, 0.2) is 84.9 Å². The van der Waals surface area contributed by atoms with Crippen molar-refractivity contribution in [3.63, 3.8) is 0 Å². The van der Waals surface area contributed by atoms with E-state index in [2.05, 4.69) is 72.0 Å². The van der Waals surface area contributed by atoms with Gasteiger partial charge in [-0.2, -0.15) is 10.4 Å². The summed E-state index contributed by atoms with van der Waals surface area (Å²) in [6, 6.07) is 31.2. The molecule has 0 unspecified atom stereocenters. The number of nitrogens with one attached hydrogen (secondary N) is 1. The number of rotatable bonds is 5. The SMILES string of the molecule is N#Cc1ccccc1-n1nc(CC(c2ccccc2)c2ccccc2)c2c1NCC2. The Morgan fingerprint density at radius 2 is 1.53 bits per heavy atom. The third-order valence-corrected chi connectivity index (χ3v) is 5.79. The van der Waals surface area contributed by atoms with Gasteiger partial charge in [-0.3, -0.25) is 0 Å². The number of anilines is 1. The van der Waals surface area contributed by atoms with E-state index in [0.29, 0.717) is 5.56 Å². The first-order chi connectivity index (χ1) is 14.8. The van der Waals surface area contributed by atoms with Crippen LogP contribution in [-0.2, 0) is 12.8 Å². The van der Waals surface area contributed by atoms with Gasteiger partial charge in [-0.15, -0.1) is 0 Å². The summed E-state index contributed by atoms with van der Waals surface area (Å²) < 4.78 is 1.92. The normalized spacial score (nSPS) is 12.4. The summed E-state index contributed by atoms with van der Waals surface area (Å²) in [4.78, 5) is 0. The maximum absolute atomic E-state index is 9.57. The Labute approximate surface area is 176 Å². The third kappa shape index (κ3) is 3.25. The van der Waals surface area contributed by atoms with E-state index in [-0.39, 0.29) is 5.92 Å². The molecule has 3 aromatic carbocycles. The zero-order chi connectivity index (χ0) is 20.3. The highest BCUT2D eigenvalue weighted by Crippen LogP contribution is 2.35. The quantitative estimate of drug-likeness (QED) is 0.517. The Kier molecular flexibility index (Phi) is 4.78.